The first kappa shape index (κ1) is 17.3. The Morgan fingerprint density at radius 3 is 2.65 bits per heavy atom. The number of benzene rings is 1. The molecule has 2 aromatic rings. The molecule has 0 aliphatic rings. The second kappa shape index (κ2) is 8.58. The van der Waals surface area contributed by atoms with E-state index >= 15 is 0 Å². The predicted octanol–water partition coefficient (Wildman–Crippen LogP) is 4.09. The zero-order chi connectivity index (χ0) is 16.7. The van der Waals surface area contributed by atoms with E-state index in [2.05, 4.69) is 0 Å². The van der Waals surface area contributed by atoms with Crippen molar-refractivity contribution in [2.45, 2.75) is 33.4 Å². The molecule has 124 valence electrons. The summed E-state index contributed by atoms with van der Waals surface area (Å²) in [6.45, 7) is 5.69. The smallest absolute Gasteiger partial charge is 0.222 e. The summed E-state index contributed by atoms with van der Waals surface area (Å²) in [5.41, 5.74) is 1.04. The Kier molecular flexibility index (Phi) is 6.47. The molecule has 0 spiro atoms. The van der Waals surface area contributed by atoms with Crippen molar-refractivity contribution >= 4 is 17.2 Å². The van der Waals surface area contributed by atoms with Gasteiger partial charge in [-0.25, -0.2) is 0 Å². The largest absolute Gasteiger partial charge is 0.493 e. The van der Waals surface area contributed by atoms with Crippen LogP contribution in [0.15, 0.2) is 35.7 Å². The van der Waals surface area contributed by atoms with Crippen molar-refractivity contribution in [3.8, 4) is 11.5 Å². The summed E-state index contributed by atoms with van der Waals surface area (Å²) in [6, 6.07) is 9.88. The van der Waals surface area contributed by atoms with Crippen LogP contribution in [0.25, 0.3) is 0 Å². The Bertz CT molecular complexity index is 625. The van der Waals surface area contributed by atoms with Crippen LogP contribution in [0.4, 0.5) is 0 Å². The maximum Gasteiger partial charge on any atom is 0.222 e. The van der Waals surface area contributed by atoms with Crippen LogP contribution < -0.4 is 9.47 Å². The third kappa shape index (κ3) is 4.73. The fourth-order valence-electron chi connectivity index (χ4n) is 2.29. The highest BCUT2D eigenvalue weighted by molar-refractivity contribution is 7.09. The number of amides is 1. The molecular weight excluding hydrogens is 310 g/mol. The van der Waals surface area contributed by atoms with E-state index < -0.39 is 0 Å². The second-order valence-electron chi connectivity index (χ2n) is 5.11. The van der Waals surface area contributed by atoms with Crippen LogP contribution in [0.5, 0.6) is 11.5 Å². The predicted molar refractivity (Wildman–Crippen MR) is 93.0 cm³/mol. The van der Waals surface area contributed by atoms with E-state index in [1.165, 1.54) is 4.88 Å². The van der Waals surface area contributed by atoms with Crippen molar-refractivity contribution in [1.82, 2.24) is 4.90 Å². The van der Waals surface area contributed by atoms with Crippen LogP contribution in [0, 0.1) is 0 Å². The van der Waals surface area contributed by atoms with E-state index in [1.54, 1.807) is 18.4 Å². The maximum absolute atomic E-state index is 11.9. The van der Waals surface area contributed by atoms with Gasteiger partial charge in [0.15, 0.2) is 11.5 Å². The Hall–Kier alpha value is -2.01. The number of methoxy groups -OCH3 is 1. The van der Waals surface area contributed by atoms with Gasteiger partial charge in [0.25, 0.3) is 0 Å². The molecule has 1 aromatic carbocycles. The van der Waals surface area contributed by atoms with Gasteiger partial charge in [0.1, 0.15) is 6.61 Å². The molecule has 0 aliphatic carbocycles. The van der Waals surface area contributed by atoms with Crippen molar-refractivity contribution in [3.63, 3.8) is 0 Å². The highest BCUT2D eigenvalue weighted by atomic mass is 32.1. The summed E-state index contributed by atoms with van der Waals surface area (Å²) < 4.78 is 11.3. The molecule has 0 N–H and O–H groups in total. The average molecular weight is 333 g/mol. The first-order valence-corrected chi connectivity index (χ1v) is 8.65. The monoisotopic (exact) mass is 333 g/mol. The van der Waals surface area contributed by atoms with Crippen molar-refractivity contribution < 1.29 is 14.3 Å². The minimum Gasteiger partial charge on any atom is -0.493 e. The molecule has 5 heteroatoms. The van der Waals surface area contributed by atoms with Gasteiger partial charge in [0.05, 0.1) is 7.11 Å². The van der Waals surface area contributed by atoms with Crippen LogP contribution in [-0.4, -0.2) is 24.5 Å². The van der Waals surface area contributed by atoms with Gasteiger partial charge >= 0.3 is 0 Å². The highest BCUT2D eigenvalue weighted by Gasteiger charge is 2.12. The molecule has 0 radical (unpaired) electrons. The number of carbonyl (C=O) groups is 1. The lowest BCUT2D eigenvalue weighted by atomic mass is 10.2. The first-order valence-electron chi connectivity index (χ1n) is 7.77. The molecule has 1 heterocycles. The van der Waals surface area contributed by atoms with Crippen LogP contribution in [0.2, 0.25) is 0 Å². The molecule has 1 amide bonds. The third-order valence-corrected chi connectivity index (χ3v) is 4.44. The fraction of sp³-hybridized carbons (Fsp3) is 0.389. The van der Waals surface area contributed by atoms with E-state index in [1.807, 2.05) is 54.5 Å². The van der Waals surface area contributed by atoms with Gasteiger partial charge in [-0.3, -0.25) is 4.79 Å². The standard InChI is InChI=1S/C18H23NO3S/c1-4-18(20)19(5-2)12-14-8-9-16(17(11-14)21-3)22-13-15-7-6-10-23-15/h6-11H,4-5,12-13H2,1-3H3. The summed E-state index contributed by atoms with van der Waals surface area (Å²) in [6.07, 6.45) is 0.521. The van der Waals surface area contributed by atoms with Crippen LogP contribution in [-0.2, 0) is 17.9 Å². The molecule has 0 fully saturated rings. The van der Waals surface area contributed by atoms with Crippen LogP contribution in [0.3, 0.4) is 0 Å². The maximum atomic E-state index is 11.9. The van der Waals surface area contributed by atoms with E-state index in [4.69, 9.17) is 9.47 Å². The average Bonchev–Trinajstić information content (AvgIpc) is 3.11. The van der Waals surface area contributed by atoms with E-state index in [0.29, 0.717) is 31.9 Å². The lowest BCUT2D eigenvalue weighted by Gasteiger charge is -2.21. The summed E-state index contributed by atoms with van der Waals surface area (Å²) >= 11 is 1.67. The topological polar surface area (TPSA) is 38.8 Å². The fourth-order valence-corrected chi connectivity index (χ4v) is 2.91. The van der Waals surface area contributed by atoms with Gasteiger partial charge in [-0.2, -0.15) is 0 Å². The zero-order valence-electron chi connectivity index (χ0n) is 13.9. The number of hydrogen-bond acceptors (Lipinski definition) is 4. The number of ether oxygens (including phenoxy) is 2. The highest BCUT2D eigenvalue weighted by Crippen LogP contribution is 2.29. The Balaban J connectivity index is 2.07. The molecule has 0 saturated heterocycles. The Morgan fingerprint density at radius 1 is 1.22 bits per heavy atom. The second-order valence-corrected chi connectivity index (χ2v) is 6.15. The van der Waals surface area contributed by atoms with Crippen molar-refractivity contribution in [1.29, 1.82) is 0 Å². The van der Waals surface area contributed by atoms with Gasteiger partial charge in [-0.05, 0) is 36.1 Å². The van der Waals surface area contributed by atoms with E-state index in [-0.39, 0.29) is 5.91 Å². The normalized spacial score (nSPS) is 10.4. The SMILES string of the molecule is CCC(=O)N(CC)Cc1ccc(OCc2cccs2)c(OC)c1. The molecule has 0 unspecified atom stereocenters. The number of hydrogen-bond donors (Lipinski definition) is 0. The summed E-state index contributed by atoms with van der Waals surface area (Å²) in [5.74, 6) is 1.57. The summed E-state index contributed by atoms with van der Waals surface area (Å²) in [5, 5.41) is 2.03. The Labute approximate surface area is 141 Å². The van der Waals surface area contributed by atoms with Crippen LogP contribution in [0.1, 0.15) is 30.7 Å². The molecule has 0 atom stereocenters. The van der Waals surface area contributed by atoms with Gasteiger partial charge in [0.2, 0.25) is 5.91 Å². The molecule has 2 rings (SSSR count). The van der Waals surface area contributed by atoms with Crippen molar-refractivity contribution in [3.05, 3.63) is 46.2 Å². The van der Waals surface area contributed by atoms with E-state index in [0.717, 1.165) is 11.3 Å². The lowest BCUT2D eigenvalue weighted by Crippen LogP contribution is -2.29. The minimum absolute atomic E-state index is 0.157. The van der Waals surface area contributed by atoms with Crippen molar-refractivity contribution in [2.24, 2.45) is 0 Å². The number of nitrogens with zero attached hydrogens (tertiary/aromatic N) is 1. The first-order chi connectivity index (χ1) is 11.2. The van der Waals surface area contributed by atoms with Crippen molar-refractivity contribution in [2.75, 3.05) is 13.7 Å². The van der Waals surface area contributed by atoms with Gasteiger partial charge < -0.3 is 14.4 Å². The molecule has 23 heavy (non-hydrogen) atoms. The number of carbonyl (C=O) groups excluding carboxylic acids is 1. The summed E-state index contributed by atoms with van der Waals surface area (Å²) in [4.78, 5) is 14.9. The Morgan fingerprint density at radius 2 is 2.04 bits per heavy atom. The molecule has 0 saturated carbocycles. The number of thiophene rings is 1. The molecule has 0 bridgehead atoms. The molecule has 4 nitrogen and oxygen atoms in total. The number of rotatable bonds is 8. The van der Waals surface area contributed by atoms with Crippen LogP contribution >= 0.6 is 11.3 Å². The molecule has 0 aliphatic heterocycles. The summed E-state index contributed by atoms with van der Waals surface area (Å²) in [7, 11) is 1.63. The van der Waals surface area contributed by atoms with E-state index in [9.17, 15) is 4.79 Å². The minimum atomic E-state index is 0.157. The van der Waals surface area contributed by atoms with Gasteiger partial charge in [-0.1, -0.05) is 19.1 Å². The lowest BCUT2D eigenvalue weighted by molar-refractivity contribution is -0.131. The third-order valence-electron chi connectivity index (χ3n) is 3.59. The van der Waals surface area contributed by atoms with Gasteiger partial charge in [0, 0.05) is 24.4 Å². The zero-order valence-corrected chi connectivity index (χ0v) is 14.7. The molecular formula is C18H23NO3S. The van der Waals surface area contributed by atoms with Gasteiger partial charge in [-0.15, -0.1) is 11.3 Å². The quantitative estimate of drug-likeness (QED) is 0.730. The molecule has 1 aromatic heterocycles.